The zero-order valence-corrected chi connectivity index (χ0v) is 18.2. The number of carbonyl (C=O) groups excluding carboxylic acids is 3. The Morgan fingerprint density at radius 1 is 1.06 bits per heavy atom. The highest BCUT2D eigenvalue weighted by Crippen LogP contribution is 2.34. The van der Waals surface area contributed by atoms with Gasteiger partial charge < -0.3 is 15.2 Å². The first-order valence-corrected chi connectivity index (χ1v) is 9.75. The van der Waals surface area contributed by atoms with Gasteiger partial charge in [-0.05, 0) is 42.5 Å². The van der Waals surface area contributed by atoms with Crippen molar-refractivity contribution >= 4 is 46.0 Å². The van der Waals surface area contributed by atoms with Crippen LogP contribution in [0.15, 0.2) is 42.5 Å². The Bertz CT molecular complexity index is 1180. The van der Waals surface area contributed by atoms with Crippen LogP contribution in [0.2, 0.25) is 5.02 Å². The SMILES string of the molecule is COc1ccc2c(c1)c(C(=O)Nc1ccc(Cl)cc1)c(O)n2C(=O)NC(=O)C(C)(C)C. The maximum atomic E-state index is 13.0. The Balaban J connectivity index is 2.09. The van der Waals surface area contributed by atoms with Crippen LogP contribution in [0.25, 0.3) is 10.9 Å². The minimum absolute atomic E-state index is 0.137. The van der Waals surface area contributed by atoms with E-state index in [1.807, 2.05) is 0 Å². The maximum Gasteiger partial charge on any atom is 0.335 e. The van der Waals surface area contributed by atoms with Crippen LogP contribution in [0.3, 0.4) is 0 Å². The van der Waals surface area contributed by atoms with E-state index in [0.29, 0.717) is 16.5 Å². The van der Waals surface area contributed by atoms with E-state index in [0.717, 1.165) is 4.57 Å². The number of amides is 3. The Labute approximate surface area is 183 Å². The molecule has 0 fully saturated rings. The molecule has 3 amide bonds. The number of halogens is 1. The highest BCUT2D eigenvalue weighted by molar-refractivity contribution is 6.30. The average Bonchev–Trinajstić information content (AvgIpc) is 2.99. The molecule has 3 rings (SSSR count). The number of methoxy groups -OCH3 is 1. The number of nitrogens with zero attached hydrogens (tertiary/aromatic N) is 1. The third kappa shape index (κ3) is 4.49. The van der Waals surface area contributed by atoms with E-state index in [1.54, 1.807) is 51.1 Å². The number of hydrogen-bond acceptors (Lipinski definition) is 5. The lowest BCUT2D eigenvalue weighted by molar-refractivity contribution is -0.127. The van der Waals surface area contributed by atoms with Crippen LogP contribution in [-0.4, -0.2) is 34.6 Å². The molecule has 3 N–H and O–H groups in total. The van der Waals surface area contributed by atoms with Crippen LogP contribution < -0.4 is 15.4 Å². The van der Waals surface area contributed by atoms with E-state index in [4.69, 9.17) is 16.3 Å². The molecule has 0 saturated carbocycles. The van der Waals surface area contributed by atoms with Gasteiger partial charge in [-0.25, -0.2) is 9.36 Å². The molecule has 8 nitrogen and oxygen atoms in total. The number of anilines is 1. The summed E-state index contributed by atoms with van der Waals surface area (Å²) in [7, 11) is 1.46. The van der Waals surface area contributed by atoms with Crippen LogP contribution in [0.5, 0.6) is 11.6 Å². The molecule has 0 aliphatic rings. The lowest BCUT2D eigenvalue weighted by Crippen LogP contribution is -2.41. The third-order valence-corrected chi connectivity index (χ3v) is 4.84. The number of imide groups is 1. The van der Waals surface area contributed by atoms with Gasteiger partial charge in [0, 0.05) is 21.5 Å². The fourth-order valence-corrected chi connectivity index (χ4v) is 3.01. The molecule has 0 aliphatic heterocycles. The van der Waals surface area contributed by atoms with Gasteiger partial charge in [0.2, 0.25) is 11.8 Å². The molecule has 0 saturated heterocycles. The number of aromatic hydroxyl groups is 1. The smallest absolute Gasteiger partial charge is 0.335 e. The Morgan fingerprint density at radius 2 is 1.71 bits per heavy atom. The zero-order chi connectivity index (χ0) is 22.9. The van der Waals surface area contributed by atoms with Crippen LogP contribution in [-0.2, 0) is 4.79 Å². The first kappa shape index (κ1) is 22.2. The number of hydrogen-bond donors (Lipinski definition) is 3. The summed E-state index contributed by atoms with van der Waals surface area (Å²) in [5.41, 5.74) is -0.280. The van der Waals surface area contributed by atoms with Crippen molar-refractivity contribution in [3.63, 3.8) is 0 Å². The Hall–Kier alpha value is -3.52. The largest absolute Gasteiger partial charge is 0.497 e. The monoisotopic (exact) mass is 443 g/mol. The van der Waals surface area contributed by atoms with Gasteiger partial charge in [0.15, 0.2) is 0 Å². The van der Waals surface area contributed by atoms with Crippen molar-refractivity contribution in [3.8, 4) is 11.6 Å². The summed E-state index contributed by atoms with van der Waals surface area (Å²) >= 11 is 5.87. The van der Waals surface area contributed by atoms with E-state index in [1.165, 1.54) is 19.2 Å². The van der Waals surface area contributed by atoms with Gasteiger partial charge in [-0.2, -0.15) is 0 Å². The minimum atomic E-state index is -0.877. The molecule has 1 aromatic heterocycles. The molecule has 0 unspecified atom stereocenters. The summed E-state index contributed by atoms with van der Waals surface area (Å²) in [6.45, 7) is 4.96. The number of nitrogens with one attached hydrogen (secondary N) is 2. The van der Waals surface area contributed by atoms with Gasteiger partial charge in [-0.1, -0.05) is 32.4 Å². The highest BCUT2D eigenvalue weighted by atomic mass is 35.5. The van der Waals surface area contributed by atoms with Crippen molar-refractivity contribution < 1.29 is 24.2 Å². The van der Waals surface area contributed by atoms with E-state index in [2.05, 4.69) is 10.6 Å². The van der Waals surface area contributed by atoms with Gasteiger partial charge >= 0.3 is 6.03 Å². The summed E-state index contributed by atoms with van der Waals surface area (Å²) < 4.78 is 6.10. The molecule has 1 heterocycles. The van der Waals surface area contributed by atoms with E-state index < -0.39 is 29.1 Å². The average molecular weight is 444 g/mol. The van der Waals surface area contributed by atoms with Crippen molar-refractivity contribution in [2.45, 2.75) is 20.8 Å². The van der Waals surface area contributed by atoms with Crippen LogP contribution in [0.4, 0.5) is 10.5 Å². The molecule has 9 heteroatoms. The van der Waals surface area contributed by atoms with Crippen LogP contribution >= 0.6 is 11.6 Å². The second-order valence-electron chi connectivity index (χ2n) is 7.89. The number of rotatable bonds is 3. The lowest BCUT2D eigenvalue weighted by Gasteiger charge is -2.17. The molecule has 31 heavy (non-hydrogen) atoms. The molecular weight excluding hydrogens is 422 g/mol. The first-order chi connectivity index (χ1) is 14.5. The second kappa shape index (κ2) is 8.31. The third-order valence-electron chi connectivity index (χ3n) is 4.58. The standard InChI is InChI=1S/C22H22ClN3O5/c1-22(2,3)20(29)25-21(30)26-16-10-9-14(31-4)11-15(16)17(19(26)28)18(27)24-13-7-5-12(23)6-8-13/h5-11,28H,1-4H3,(H,24,27)(H,25,29,30). The van der Waals surface area contributed by atoms with E-state index in [-0.39, 0.29) is 16.5 Å². The van der Waals surface area contributed by atoms with Gasteiger partial charge in [-0.3, -0.25) is 14.9 Å². The molecule has 0 aliphatic carbocycles. The summed E-state index contributed by atoms with van der Waals surface area (Å²) in [6.07, 6.45) is 0. The quantitative estimate of drug-likeness (QED) is 0.556. The van der Waals surface area contributed by atoms with Gasteiger partial charge in [0.25, 0.3) is 5.91 Å². The summed E-state index contributed by atoms with van der Waals surface area (Å²) in [4.78, 5) is 38.1. The minimum Gasteiger partial charge on any atom is -0.497 e. The van der Waals surface area contributed by atoms with Gasteiger partial charge in [-0.15, -0.1) is 0 Å². The maximum absolute atomic E-state index is 13.0. The second-order valence-corrected chi connectivity index (χ2v) is 8.32. The predicted octanol–water partition coefficient (Wildman–Crippen LogP) is 4.39. The molecule has 2 aromatic carbocycles. The molecule has 0 bridgehead atoms. The number of benzene rings is 2. The lowest BCUT2D eigenvalue weighted by atomic mass is 9.96. The molecular formula is C22H22ClN3O5. The molecule has 3 aromatic rings. The predicted molar refractivity (Wildman–Crippen MR) is 118 cm³/mol. The number of ether oxygens (including phenoxy) is 1. The molecule has 0 spiro atoms. The summed E-state index contributed by atoms with van der Waals surface area (Å²) in [5.74, 6) is -1.35. The fourth-order valence-electron chi connectivity index (χ4n) is 2.88. The number of carbonyl (C=O) groups is 3. The molecule has 162 valence electrons. The highest BCUT2D eigenvalue weighted by Gasteiger charge is 2.29. The number of fused-ring (bicyclic) bond motifs is 1. The van der Waals surface area contributed by atoms with Crippen LogP contribution in [0.1, 0.15) is 31.1 Å². The van der Waals surface area contributed by atoms with Crippen molar-refractivity contribution in [1.29, 1.82) is 0 Å². The van der Waals surface area contributed by atoms with E-state index in [9.17, 15) is 19.5 Å². The zero-order valence-electron chi connectivity index (χ0n) is 17.4. The van der Waals surface area contributed by atoms with Crippen molar-refractivity contribution in [1.82, 2.24) is 9.88 Å². The van der Waals surface area contributed by atoms with Crippen LogP contribution in [0, 0.1) is 5.41 Å². The molecule has 0 radical (unpaired) electrons. The summed E-state index contributed by atoms with van der Waals surface area (Å²) in [6, 6.07) is 10.2. The summed E-state index contributed by atoms with van der Waals surface area (Å²) in [5, 5.41) is 16.5. The topological polar surface area (TPSA) is 110 Å². The number of aromatic nitrogens is 1. The Kier molecular flexibility index (Phi) is 5.94. The van der Waals surface area contributed by atoms with Gasteiger partial charge in [0.05, 0.1) is 12.6 Å². The van der Waals surface area contributed by atoms with Gasteiger partial charge in [0.1, 0.15) is 11.3 Å². The van der Waals surface area contributed by atoms with Crippen molar-refractivity contribution in [3.05, 3.63) is 53.1 Å². The van der Waals surface area contributed by atoms with Crippen molar-refractivity contribution in [2.75, 3.05) is 12.4 Å². The van der Waals surface area contributed by atoms with E-state index >= 15 is 0 Å². The molecule has 0 atom stereocenters. The first-order valence-electron chi connectivity index (χ1n) is 9.37. The fraction of sp³-hybridized carbons (Fsp3) is 0.227. The Morgan fingerprint density at radius 3 is 2.29 bits per heavy atom. The normalized spacial score (nSPS) is 11.3. The van der Waals surface area contributed by atoms with Crippen molar-refractivity contribution in [2.24, 2.45) is 5.41 Å².